The topological polar surface area (TPSA) is 41.6 Å². The monoisotopic (exact) mass is 342 g/mol. The van der Waals surface area contributed by atoms with Gasteiger partial charge in [0.25, 0.3) is 5.91 Å². The molecule has 132 valence electrons. The summed E-state index contributed by atoms with van der Waals surface area (Å²) in [6.45, 7) is 1.58. The summed E-state index contributed by atoms with van der Waals surface area (Å²) in [6, 6.07) is 16.2. The lowest BCUT2D eigenvalue weighted by Crippen LogP contribution is -2.46. The number of piperidine rings is 1. The summed E-state index contributed by atoms with van der Waals surface area (Å²) in [5.41, 5.74) is 1.74. The van der Waals surface area contributed by atoms with Crippen LogP contribution in [-0.2, 0) is 9.53 Å². The van der Waals surface area contributed by atoms with E-state index in [4.69, 9.17) is 4.74 Å². The summed E-state index contributed by atoms with van der Waals surface area (Å²) in [7, 11) is 1.55. The molecule has 0 unspecified atom stereocenters. The molecule has 3 rings (SSSR count). The maximum Gasteiger partial charge on any atom is 0.253 e. The fourth-order valence-electron chi connectivity index (χ4n) is 3.25. The fourth-order valence-corrected chi connectivity index (χ4v) is 3.25. The van der Waals surface area contributed by atoms with E-state index in [0.717, 1.165) is 37.2 Å². The number of rotatable bonds is 5. The number of hydrogen-bond acceptors (Lipinski definition) is 3. The first kappa shape index (κ1) is 17.4. The van der Waals surface area contributed by atoms with Crippen LogP contribution < -0.4 is 10.2 Å². The Kier molecular flexibility index (Phi) is 5.66. The summed E-state index contributed by atoms with van der Waals surface area (Å²) in [4.78, 5) is 14.7. The lowest BCUT2D eigenvalue weighted by atomic mass is 10.0. The third-order valence-corrected chi connectivity index (χ3v) is 4.59. The third-order valence-electron chi connectivity index (χ3n) is 4.59. The Balaban J connectivity index is 1.55. The molecule has 1 N–H and O–H groups in total. The largest absolute Gasteiger partial charge is 0.371 e. The van der Waals surface area contributed by atoms with Crippen LogP contribution in [0.4, 0.5) is 10.1 Å². The molecule has 2 aromatic carbocycles. The zero-order valence-electron chi connectivity index (χ0n) is 14.3. The van der Waals surface area contributed by atoms with Crippen LogP contribution in [0.5, 0.6) is 0 Å². The second kappa shape index (κ2) is 8.12. The van der Waals surface area contributed by atoms with E-state index >= 15 is 0 Å². The summed E-state index contributed by atoms with van der Waals surface area (Å²) >= 11 is 0. The lowest BCUT2D eigenvalue weighted by Gasteiger charge is -2.34. The molecule has 0 saturated carbocycles. The summed E-state index contributed by atoms with van der Waals surface area (Å²) < 4.78 is 18.7. The smallest absolute Gasteiger partial charge is 0.253 e. The van der Waals surface area contributed by atoms with Crippen molar-refractivity contribution in [3.05, 3.63) is 66.0 Å². The number of anilines is 1. The maximum absolute atomic E-state index is 13.4. The van der Waals surface area contributed by atoms with Gasteiger partial charge in [0.1, 0.15) is 5.82 Å². The zero-order valence-corrected chi connectivity index (χ0v) is 14.3. The quantitative estimate of drug-likeness (QED) is 0.906. The first-order valence-electron chi connectivity index (χ1n) is 8.56. The van der Waals surface area contributed by atoms with Crippen LogP contribution in [0.2, 0.25) is 0 Å². The van der Waals surface area contributed by atoms with Crippen molar-refractivity contribution in [2.75, 3.05) is 25.1 Å². The van der Waals surface area contributed by atoms with Crippen molar-refractivity contribution in [3.63, 3.8) is 0 Å². The van der Waals surface area contributed by atoms with Gasteiger partial charge in [0, 0.05) is 31.9 Å². The van der Waals surface area contributed by atoms with Crippen molar-refractivity contribution in [1.82, 2.24) is 5.32 Å². The van der Waals surface area contributed by atoms with E-state index in [9.17, 15) is 9.18 Å². The predicted molar refractivity (Wildman–Crippen MR) is 96.0 cm³/mol. The Bertz CT molecular complexity index is 700. The first-order chi connectivity index (χ1) is 12.2. The Morgan fingerprint density at radius 2 is 1.88 bits per heavy atom. The SMILES string of the molecule is CO[C@@H](C(=O)NC1CCN(c2cccc(F)c2)CC1)c1ccccc1. The van der Waals surface area contributed by atoms with Crippen LogP contribution in [0, 0.1) is 5.82 Å². The number of methoxy groups -OCH3 is 1. The van der Waals surface area contributed by atoms with Crippen LogP contribution >= 0.6 is 0 Å². The fraction of sp³-hybridized carbons (Fsp3) is 0.350. The van der Waals surface area contributed by atoms with E-state index in [1.807, 2.05) is 36.4 Å². The Morgan fingerprint density at radius 1 is 1.16 bits per heavy atom. The number of halogens is 1. The van der Waals surface area contributed by atoms with Gasteiger partial charge >= 0.3 is 0 Å². The Labute approximate surface area is 147 Å². The van der Waals surface area contributed by atoms with E-state index in [0.29, 0.717) is 0 Å². The highest BCUT2D eigenvalue weighted by Crippen LogP contribution is 2.22. The van der Waals surface area contributed by atoms with Gasteiger partial charge in [-0.25, -0.2) is 4.39 Å². The van der Waals surface area contributed by atoms with Crippen LogP contribution in [0.1, 0.15) is 24.5 Å². The van der Waals surface area contributed by atoms with E-state index in [-0.39, 0.29) is 17.8 Å². The zero-order chi connectivity index (χ0) is 17.6. The van der Waals surface area contributed by atoms with Crippen LogP contribution in [0.3, 0.4) is 0 Å². The van der Waals surface area contributed by atoms with Gasteiger partial charge in [-0.2, -0.15) is 0 Å². The molecule has 1 saturated heterocycles. The number of nitrogens with zero attached hydrogens (tertiary/aromatic N) is 1. The van der Waals surface area contributed by atoms with Crippen molar-refractivity contribution in [3.8, 4) is 0 Å². The second-order valence-corrected chi connectivity index (χ2v) is 6.28. The van der Waals surface area contributed by atoms with Gasteiger partial charge in [0.05, 0.1) is 0 Å². The van der Waals surface area contributed by atoms with Gasteiger partial charge in [-0.05, 0) is 36.6 Å². The van der Waals surface area contributed by atoms with Gasteiger partial charge < -0.3 is 15.0 Å². The van der Waals surface area contributed by atoms with Crippen molar-refractivity contribution < 1.29 is 13.9 Å². The molecule has 25 heavy (non-hydrogen) atoms. The van der Waals surface area contributed by atoms with Crippen LogP contribution in [0.15, 0.2) is 54.6 Å². The summed E-state index contributed by atoms with van der Waals surface area (Å²) in [5.74, 6) is -0.336. The molecule has 0 aromatic heterocycles. The standard InChI is InChI=1S/C20H23FN2O2/c1-25-19(15-6-3-2-4-7-15)20(24)22-17-10-12-23(13-11-17)18-9-5-8-16(21)14-18/h2-9,14,17,19H,10-13H2,1H3,(H,22,24)/t19-/m1/s1. The molecule has 5 heteroatoms. The first-order valence-corrected chi connectivity index (χ1v) is 8.56. The molecular weight excluding hydrogens is 319 g/mol. The highest BCUT2D eigenvalue weighted by molar-refractivity contribution is 5.82. The van der Waals surface area contributed by atoms with Crippen molar-refractivity contribution in [1.29, 1.82) is 0 Å². The number of ether oxygens (including phenoxy) is 1. The highest BCUT2D eigenvalue weighted by Gasteiger charge is 2.25. The minimum atomic E-state index is -0.595. The molecule has 1 fully saturated rings. The molecular formula is C20H23FN2O2. The average Bonchev–Trinajstić information content (AvgIpc) is 2.64. The second-order valence-electron chi connectivity index (χ2n) is 6.28. The maximum atomic E-state index is 13.4. The minimum absolute atomic E-state index is 0.110. The Hall–Kier alpha value is -2.40. The average molecular weight is 342 g/mol. The summed E-state index contributed by atoms with van der Waals surface area (Å²) in [6.07, 6.45) is 1.06. The highest BCUT2D eigenvalue weighted by atomic mass is 19.1. The van der Waals surface area contributed by atoms with Gasteiger partial charge in [-0.3, -0.25) is 4.79 Å². The lowest BCUT2D eigenvalue weighted by molar-refractivity contribution is -0.132. The van der Waals surface area contributed by atoms with E-state index in [2.05, 4.69) is 10.2 Å². The normalized spacial score (nSPS) is 16.5. The van der Waals surface area contributed by atoms with Crippen LogP contribution in [0.25, 0.3) is 0 Å². The van der Waals surface area contributed by atoms with E-state index in [1.54, 1.807) is 19.2 Å². The molecule has 1 amide bonds. The molecule has 0 radical (unpaired) electrons. The Morgan fingerprint density at radius 3 is 2.52 bits per heavy atom. The number of carbonyl (C=O) groups excluding carboxylic acids is 1. The van der Waals surface area contributed by atoms with Gasteiger partial charge in [-0.15, -0.1) is 0 Å². The number of hydrogen-bond donors (Lipinski definition) is 1. The molecule has 1 atom stereocenters. The number of carbonyl (C=O) groups is 1. The van der Waals surface area contributed by atoms with Crippen molar-refractivity contribution in [2.24, 2.45) is 0 Å². The molecule has 0 bridgehead atoms. The van der Waals surface area contributed by atoms with Gasteiger partial charge in [-0.1, -0.05) is 36.4 Å². The molecule has 1 aliphatic rings. The molecule has 1 heterocycles. The molecule has 4 nitrogen and oxygen atoms in total. The third kappa shape index (κ3) is 4.37. The predicted octanol–water partition coefficient (Wildman–Crippen LogP) is 3.30. The number of benzene rings is 2. The van der Waals surface area contributed by atoms with Gasteiger partial charge in [0.15, 0.2) is 6.10 Å². The van der Waals surface area contributed by atoms with Gasteiger partial charge in [0.2, 0.25) is 0 Å². The van der Waals surface area contributed by atoms with Crippen LogP contribution in [-0.4, -0.2) is 32.1 Å². The molecule has 0 aliphatic carbocycles. The van der Waals surface area contributed by atoms with E-state index < -0.39 is 6.10 Å². The minimum Gasteiger partial charge on any atom is -0.371 e. The molecule has 0 spiro atoms. The van der Waals surface area contributed by atoms with E-state index in [1.165, 1.54) is 6.07 Å². The van der Waals surface area contributed by atoms with Crippen molar-refractivity contribution >= 4 is 11.6 Å². The molecule has 1 aliphatic heterocycles. The summed E-state index contributed by atoms with van der Waals surface area (Å²) in [5, 5.41) is 3.09. The molecule has 2 aromatic rings. The van der Waals surface area contributed by atoms with Crippen molar-refractivity contribution in [2.45, 2.75) is 25.0 Å². The number of amides is 1. The number of nitrogens with one attached hydrogen (secondary N) is 1.